The lowest BCUT2D eigenvalue weighted by Gasteiger charge is -2.60. The number of aliphatic hydroxyl groups is 1. The Labute approximate surface area is 142 Å². The number of oxime groups is 1. The van der Waals surface area contributed by atoms with Crippen molar-refractivity contribution in [2.45, 2.75) is 64.9 Å². The number of aliphatic hydroxyl groups excluding tert-OH is 1. The number of nitrogens with zero attached hydrogens (tertiary/aromatic N) is 1. The summed E-state index contributed by atoms with van der Waals surface area (Å²) < 4.78 is 0. The van der Waals surface area contributed by atoms with Gasteiger partial charge in [-0.15, -0.1) is 0 Å². The molecule has 4 fully saturated rings. The van der Waals surface area contributed by atoms with Gasteiger partial charge in [0.25, 0.3) is 0 Å². The Balaban J connectivity index is 1.77. The lowest BCUT2D eigenvalue weighted by molar-refractivity contribution is -0.152. The highest BCUT2D eigenvalue weighted by atomic mass is 16.4. The van der Waals surface area contributed by atoms with E-state index in [1.165, 1.54) is 0 Å². The average Bonchev–Trinajstić information content (AvgIpc) is 2.84. The largest absolute Gasteiger partial charge is 0.411 e. The van der Waals surface area contributed by atoms with E-state index in [0.29, 0.717) is 42.6 Å². The maximum atomic E-state index is 12.5. The van der Waals surface area contributed by atoms with Crippen molar-refractivity contribution in [3.63, 3.8) is 0 Å². The normalized spacial score (nSPS) is 52.8. The highest BCUT2D eigenvalue weighted by Crippen LogP contribution is 2.64. The molecular weight excluding hydrogens is 306 g/mol. The standard InChI is InChI=1S/C19H27NO4/c1-18-6-5-13-11(12(18)3-4-16(18)22)9-15(20-24)14-7-10(21)8-17(23)19(13,14)2/h11-14,17,23-24H,3-9H2,1-2H3/b20-15+/t11-,12-,13-,14?,17?,18-,19+/m0/s1. The van der Waals surface area contributed by atoms with Crippen LogP contribution in [0.3, 0.4) is 0 Å². The lowest BCUT2D eigenvalue weighted by atomic mass is 9.44. The number of ketones is 2. The van der Waals surface area contributed by atoms with E-state index in [1.807, 2.05) is 0 Å². The Morgan fingerprint density at radius 1 is 1.08 bits per heavy atom. The lowest BCUT2D eigenvalue weighted by Crippen LogP contribution is -2.61. The third-order valence-corrected chi connectivity index (χ3v) is 8.24. The van der Waals surface area contributed by atoms with Gasteiger partial charge in [0, 0.05) is 36.0 Å². The van der Waals surface area contributed by atoms with E-state index in [9.17, 15) is 19.9 Å². The maximum Gasteiger partial charge on any atom is 0.139 e. The third-order valence-electron chi connectivity index (χ3n) is 8.24. The van der Waals surface area contributed by atoms with Gasteiger partial charge in [-0.05, 0) is 43.4 Å². The highest BCUT2D eigenvalue weighted by Gasteiger charge is 2.64. The van der Waals surface area contributed by atoms with Gasteiger partial charge >= 0.3 is 0 Å². The number of carbonyl (C=O) groups excluding carboxylic acids is 2. The van der Waals surface area contributed by atoms with Crippen LogP contribution < -0.4 is 0 Å². The number of rotatable bonds is 0. The van der Waals surface area contributed by atoms with Crippen LogP contribution in [0.2, 0.25) is 0 Å². The molecule has 2 N–H and O–H groups in total. The number of hydrogen-bond donors (Lipinski definition) is 2. The molecule has 2 unspecified atom stereocenters. The van der Waals surface area contributed by atoms with Crippen molar-refractivity contribution in [2.75, 3.05) is 0 Å². The zero-order chi connectivity index (χ0) is 17.3. The molecule has 4 aliphatic carbocycles. The monoisotopic (exact) mass is 333 g/mol. The van der Waals surface area contributed by atoms with Gasteiger partial charge in [-0.2, -0.15) is 0 Å². The fourth-order valence-corrected chi connectivity index (χ4v) is 6.79. The van der Waals surface area contributed by atoms with E-state index in [2.05, 4.69) is 19.0 Å². The van der Waals surface area contributed by atoms with Crippen LogP contribution in [0.5, 0.6) is 0 Å². The summed E-state index contributed by atoms with van der Waals surface area (Å²) in [5.74, 6) is 1.14. The quantitative estimate of drug-likeness (QED) is 0.527. The molecule has 7 atom stereocenters. The van der Waals surface area contributed by atoms with Crippen molar-refractivity contribution in [2.24, 2.45) is 39.7 Å². The molecule has 4 rings (SSSR count). The topological polar surface area (TPSA) is 87.0 Å². The number of carbonyl (C=O) groups is 2. The summed E-state index contributed by atoms with van der Waals surface area (Å²) >= 11 is 0. The van der Waals surface area contributed by atoms with E-state index < -0.39 is 11.5 Å². The molecule has 4 aliphatic rings. The van der Waals surface area contributed by atoms with Crippen molar-refractivity contribution in [1.29, 1.82) is 0 Å². The SMILES string of the molecule is C[C@]12C(O)CC(=O)CC1/C(=N/O)C[C@@H]1[C@@H]2CC[C@]2(C)C(=O)CC[C@@H]12. The number of fused-ring (bicyclic) bond motifs is 5. The van der Waals surface area contributed by atoms with Crippen LogP contribution in [-0.2, 0) is 9.59 Å². The fourth-order valence-electron chi connectivity index (χ4n) is 6.79. The van der Waals surface area contributed by atoms with E-state index in [4.69, 9.17) is 0 Å². The van der Waals surface area contributed by atoms with E-state index in [0.717, 1.165) is 19.3 Å². The predicted molar refractivity (Wildman–Crippen MR) is 87.7 cm³/mol. The smallest absolute Gasteiger partial charge is 0.139 e. The van der Waals surface area contributed by atoms with Crippen LogP contribution in [0.4, 0.5) is 0 Å². The molecule has 5 heteroatoms. The Bertz CT molecular complexity index is 629. The molecule has 0 aliphatic heterocycles. The van der Waals surface area contributed by atoms with Crippen LogP contribution in [0, 0.1) is 34.5 Å². The third kappa shape index (κ3) is 1.88. The van der Waals surface area contributed by atoms with Crippen molar-refractivity contribution in [3.8, 4) is 0 Å². The molecule has 5 nitrogen and oxygen atoms in total. The summed E-state index contributed by atoms with van der Waals surface area (Å²) in [4.78, 5) is 24.5. The van der Waals surface area contributed by atoms with Gasteiger partial charge in [0.05, 0.1) is 11.8 Å². The summed E-state index contributed by atoms with van der Waals surface area (Å²) in [6, 6.07) is 0. The minimum absolute atomic E-state index is 0.0567. The number of hydrogen-bond acceptors (Lipinski definition) is 5. The molecular formula is C19H27NO4. The molecule has 0 heterocycles. The molecule has 24 heavy (non-hydrogen) atoms. The fraction of sp³-hybridized carbons (Fsp3) is 0.842. The van der Waals surface area contributed by atoms with Gasteiger partial charge in [0.2, 0.25) is 0 Å². The molecule has 4 saturated carbocycles. The minimum Gasteiger partial charge on any atom is -0.411 e. The van der Waals surface area contributed by atoms with Gasteiger partial charge in [0.15, 0.2) is 0 Å². The van der Waals surface area contributed by atoms with E-state index in [1.54, 1.807) is 0 Å². The molecule has 132 valence electrons. The molecule has 0 spiro atoms. The van der Waals surface area contributed by atoms with Crippen LogP contribution in [0.25, 0.3) is 0 Å². The Morgan fingerprint density at radius 2 is 1.83 bits per heavy atom. The molecule has 0 bridgehead atoms. The Morgan fingerprint density at radius 3 is 2.54 bits per heavy atom. The first-order valence-corrected chi connectivity index (χ1v) is 9.26. The summed E-state index contributed by atoms with van der Waals surface area (Å²) in [7, 11) is 0. The molecule has 0 amide bonds. The minimum atomic E-state index is -0.685. The average molecular weight is 333 g/mol. The maximum absolute atomic E-state index is 12.5. The Hall–Kier alpha value is -1.23. The van der Waals surface area contributed by atoms with Crippen molar-refractivity contribution >= 4 is 17.3 Å². The Kier molecular flexibility index (Phi) is 3.48. The van der Waals surface area contributed by atoms with Crippen LogP contribution >= 0.6 is 0 Å². The first kappa shape index (κ1) is 16.2. The second-order valence-corrected chi connectivity index (χ2v) is 8.97. The molecule has 0 saturated heterocycles. The first-order chi connectivity index (χ1) is 11.3. The van der Waals surface area contributed by atoms with Gasteiger partial charge in [-0.25, -0.2) is 0 Å². The second-order valence-electron chi connectivity index (χ2n) is 8.97. The van der Waals surface area contributed by atoms with E-state index in [-0.39, 0.29) is 29.5 Å². The van der Waals surface area contributed by atoms with Crippen molar-refractivity contribution in [3.05, 3.63) is 0 Å². The van der Waals surface area contributed by atoms with Crippen molar-refractivity contribution in [1.82, 2.24) is 0 Å². The van der Waals surface area contributed by atoms with Crippen molar-refractivity contribution < 1.29 is 19.9 Å². The van der Waals surface area contributed by atoms with Crippen LogP contribution in [-0.4, -0.2) is 33.7 Å². The summed E-state index contributed by atoms with van der Waals surface area (Å²) in [6.45, 7) is 4.18. The summed E-state index contributed by atoms with van der Waals surface area (Å²) in [5.41, 5.74) is -0.0133. The summed E-state index contributed by atoms with van der Waals surface area (Å²) in [5, 5.41) is 24.0. The van der Waals surface area contributed by atoms with Gasteiger partial charge in [-0.3, -0.25) is 9.59 Å². The molecule has 0 aromatic carbocycles. The van der Waals surface area contributed by atoms with Crippen LogP contribution in [0.1, 0.15) is 58.8 Å². The predicted octanol–water partition coefficient (Wildman–Crippen LogP) is 2.58. The zero-order valence-electron chi connectivity index (χ0n) is 14.5. The zero-order valence-corrected chi connectivity index (χ0v) is 14.5. The van der Waals surface area contributed by atoms with E-state index >= 15 is 0 Å². The van der Waals surface area contributed by atoms with Gasteiger partial charge < -0.3 is 10.3 Å². The molecule has 0 aromatic rings. The van der Waals surface area contributed by atoms with Crippen LogP contribution in [0.15, 0.2) is 5.16 Å². The molecule has 0 aromatic heterocycles. The summed E-state index contributed by atoms with van der Waals surface area (Å²) in [6.07, 6.45) is 3.91. The first-order valence-electron chi connectivity index (χ1n) is 9.26. The molecule has 0 radical (unpaired) electrons. The van der Waals surface area contributed by atoms with Gasteiger partial charge in [0.1, 0.15) is 11.6 Å². The number of Topliss-reactive ketones (excluding diaryl/α,β-unsaturated/α-hetero) is 2. The highest BCUT2D eigenvalue weighted by molar-refractivity contribution is 5.94. The van der Waals surface area contributed by atoms with Gasteiger partial charge in [-0.1, -0.05) is 19.0 Å². The second kappa shape index (κ2) is 5.13.